The molecule has 0 bridgehead atoms. The molecule has 3 rings (SSSR count). The molecule has 1 fully saturated rings. The summed E-state index contributed by atoms with van der Waals surface area (Å²) in [6, 6.07) is 20.6. The Morgan fingerprint density at radius 1 is 0.742 bits per heavy atom. The third-order valence-electron chi connectivity index (χ3n) is 4.69. The second-order valence-corrected chi connectivity index (χ2v) is 6.99. The number of hydrogen-bond donors (Lipinski definition) is 2. The van der Waals surface area contributed by atoms with Gasteiger partial charge in [-0.2, -0.15) is 0 Å². The molecule has 0 radical (unpaired) electrons. The van der Waals surface area contributed by atoms with Gasteiger partial charge in [-0.1, -0.05) is 48.5 Å². The molecule has 1 aliphatic rings. The maximum atomic E-state index is 9.10. The van der Waals surface area contributed by atoms with Gasteiger partial charge in [0.05, 0.1) is 13.2 Å². The van der Waals surface area contributed by atoms with Gasteiger partial charge in [-0.25, -0.2) is 9.59 Å². The lowest BCUT2D eigenvalue weighted by atomic mass is 10.2. The minimum atomic E-state index is -1.82. The molecule has 0 saturated carbocycles. The molecular formula is C23H30N2O6. The summed E-state index contributed by atoms with van der Waals surface area (Å²) in [5, 5.41) is 14.8. The van der Waals surface area contributed by atoms with Gasteiger partial charge >= 0.3 is 11.9 Å². The van der Waals surface area contributed by atoms with Crippen molar-refractivity contribution in [3.8, 4) is 5.75 Å². The Bertz CT molecular complexity index is 752. The summed E-state index contributed by atoms with van der Waals surface area (Å²) in [6.45, 7) is 8.59. The van der Waals surface area contributed by atoms with Gasteiger partial charge in [0.1, 0.15) is 12.4 Å². The number of aliphatic carboxylic acids is 2. The zero-order valence-corrected chi connectivity index (χ0v) is 17.6. The number of benzene rings is 2. The first kappa shape index (κ1) is 24.3. The van der Waals surface area contributed by atoms with Crippen LogP contribution in [-0.2, 0) is 20.9 Å². The van der Waals surface area contributed by atoms with Crippen LogP contribution in [0.15, 0.2) is 60.7 Å². The van der Waals surface area contributed by atoms with Gasteiger partial charge < -0.3 is 19.7 Å². The van der Waals surface area contributed by atoms with Crippen molar-refractivity contribution < 1.29 is 29.3 Å². The Balaban J connectivity index is 0.000000501. The Labute approximate surface area is 182 Å². The van der Waals surface area contributed by atoms with Crippen LogP contribution in [0.1, 0.15) is 5.56 Å². The first-order valence-corrected chi connectivity index (χ1v) is 10.2. The SMILES string of the molecule is O=C(O)C(=O)O.c1ccc(CN2CCN(CCOCCOc3ccccc3)CC2)cc1. The molecule has 8 nitrogen and oxygen atoms in total. The molecule has 0 amide bonds. The molecule has 0 spiro atoms. The highest BCUT2D eigenvalue weighted by atomic mass is 16.5. The van der Waals surface area contributed by atoms with Gasteiger partial charge in [-0.05, 0) is 17.7 Å². The molecule has 1 aliphatic heterocycles. The fraction of sp³-hybridized carbons (Fsp3) is 0.391. The molecule has 0 aliphatic carbocycles. The van der Waals surface area contributed by atoms with Crippen molar-refractivity contribution in [1.29, 1.82) is 0 Å². The smallest absolute Gasteiger partial charge is 0.414 e. The van der Waals surface area contributed by atoms with Crippen LogP contribution < -0.4 is 4.74 Å². The van der Waals surface area contributed by atoms with Crippen molar-refractivity contribution in [2.45, 2.75) is 6.54 Å². The summed E-state index contributed by atoms with van der Waals surface area (Å²) in [4.78, 5) is 23.2. The van der Waals surface area contributed by atoms with E-state index in [0.717, 1.165) is 51.6 Å². The molecule has 2 N–H and O–H groups in total. The second-order valence-electron chi connectivity index (χ2n) is 6.99. The third-order valence-corrected chi connectivity index (χ3v) is 4.69. The van der Waals surface area contributed by atoms with E-state index in [0.29, 0.717) is 13.2 Å². The second kappa shape index (κ2) is 14.1. The summed E-state index contributed by atoms with van der Waals surface area (Å²) in [7, 11) is 0. The minimum absolute atomic E-state index is 0.606. The maximum absolute atomic E-state index is 9.10. The number of rotatable bonds is 9. The molecule has 1 heterocycles. The Kier molecular flexibility index (Phi) is 11.1. The molecule has 0 unspecified atom stereocenters. The van der Waals surface area contributed by atoms with Crippen LogP contribution in [0.5, 0.6) is 5.75 Å². The van der Waals surface area contributed by atoms with Crippen molar-refractivity contribution >= 4 is 11.9 Å². The van der Waals surface area contributed by atoms with Crippen molar-refractivity contribution in [3.05, 3.63) is 66.2 Å². The molecular weight excluding hydrogens is 400 g/mol. The van der Waals surface area contributed by atoms with Gasteiger partial charge in [-0.15, -0.1) is 0 Å². The number of carbonyl (C=O) groups is 2. The van der Waals surface area contributed by atoms with Crippen LogP contribution >= 0.6 is 0 Å². The zero-order chi connectivity index (χ0) is 22.3. The topological polar surface area (TPSA) is 99.5 Å². The number of para-hydroxylation sites is 1. The van der Waals surface area contributed by atoms with E-state index in [9.17, 15) is 0 Å². The predicted molar refractivity (Wildman–Crippen MR) is 116 cm³/mol. The van der Waals surface area contributed by atoms with Crippen LogP contribution in [0.4, 0.5) is 0 Å². The summed E-state index contributed by atoms with van der Waals surface area (Å²) in [5.74, 6) is -2.74. The van der Waals surface area contributed by atoms with Crippen LogP contribution in [-0.4, -0.2) is 84.5 Å². The van der Waals surface area contributed by atoms with Crippen LogP contribution in [0.25, 0.3) is 0 Å². The zero-order valence-electron chi connectivity index (χ0n) is 17.6. The minimum Gasteiger partial charge on any atom is -0.491 e. The predicted octanol–water partition coefficient (Wildman–Crippen LogP) is 2.06. The largest absolute Gasteiger partial charge is 0.491 e. The van der Waals surface area contributed by atoms with Gasteiger partial charge in [0, 0.05) is 39.3 Å². The summed E-state index contributed by atoms with van der Waals surface area (Å²) in [6.07, 6.45) is 0. The number of carboxylic acid groups (broad SMARTS) is 2. The number of hydrogen-bond acceptors (Lipinski definition) is 6. The van der Waals surface area contributed by atoms with E-state index < -0.39 is 11.9 Å². The number of piperazine rings is 1. The molecule has 0 aromatic heterocycles. The van der Waals surface area contributed by atoms with E-state index in [1.165, 1.54) is 5.56 Å². The van der Waals surface area contributed by atoms with Gasteiger partial charge in [-0.3, -0.25) is 9.80 Å². The number of nitrogens with zero attached hydrogens (tertiary/aromatic N) is 2. The van der Waals surface area contributed by atoms with E-state index in [-0.39, 0.29) is 0 Å². The van der Waals surface area contributed by atoms with E-state index in [4.69, 9.17) is 29.3 Å². The fourth-order valence-electron chi connectivity index (χ4n) is 3.04. The summed E-state index contributed by atoms with van der Waals surface area (Å²) >= 11 is 0. The van der Waals surface area contributed by atoms with Gasteiger partial charge in [0.2, 0.25) is 0 Å². The Hall–Kier alpha value is -2.94. The third kappa shape index (κ3) is 10.6. The molecule has 1 saturated heterocycles. The van der Waals surface area contributed by atoms with Crippen LogP contribution in [0.3, 0.4) is 0 Å². The maximum Gasteiger partial charge on any atom is 0.414 e. The average molecular weight is 431 g/mol. The fourth-order valence-corrected chi connectivity index (χ4v) is 3.04. The quantitative estimate of drug-likeness (QED) is 0.461. The lowest BCUT2D eigenvalue weighted by molar-refractivity contribution is -0.159. The van der Waals surface area contributed by atoms with Crippen molar-refractivity contribution in [2.75, 3.05) is 52.5 Å². The molecule has 2 aromatic carbocycles. The monoisotopic (exact) mass is 430 g/mol. The van der Waals surface area contributed by atoms with Crippen molar-refractivity contribution in [1.82, 2.24) is 9.80 Å². The average Bonchev–Trinajstić information content (AvgIpc) is 2.79. The molecule has 8 heteroatoms. The van der Waals surface area contributed by atoms with E-state index in [1.807, 2.05) is 30.3 Å². The standard InChI is InChI=1S/C21H28N2O2.C2H2O4/c1-3-7-20(8-4-1)19-23-13-11-22(12-14-23)15-16-24-17-18-25-21-9-5-2-6-10-21;3-1(4)2(5)6/h1-10H,11-19H2;(H,3,4)(H,5,6). The van der Waals surface area contributed by atoms with E-state index in [2.05, 4.69) is 40.1 Å². The summed E-state index contributed by atoms with van der Waals surface area (Å²) in [5.41, 5.74) is 1.40. The first-order valence-electron chi connectivity index (χ1n) is 10.2. The van der Waals surface area contributed by atoms with Crippen LogP contribution in [0, 0.1) is 0 Å². The highest BCUT2D eigenvalue weighted by Crippen LogP contribution is 2.09. The lowest BCUT2D eigenvalue weighted by Crippen LogP contribution is -2.46. The van der Waals surface area contributed by atoms with Crippen LogP contribution in [0.2, 0.25) is 0 Å². The molecule has 168 valence electrons. The molecule has 2 aromatic rings. The Morgan fingerprint density at radius 2 is 1.29 bits per heavy atom. The highest BCUT2D eigenvalue weighted by Gasteiger charge is 2.16. The van der Waals surface area contributed by atoms with E-state index >= 15 is 0 Å². The van der Waals surface area contributed by atoms with Gasteiger partial charge in [0.15, 0.2) is 0 Å². The molecule has 31 heavy (non-hydrogen) atoms. The van der Waals surface area contributed by atoms with Gasteiger partial charge in [0.25, 0.3) is 0 Å². The first-order chi connectivity index (χ1) is 15.0. The molecule has 0 atom stereocenters. The number of ether oxygens (including phenoxy) is 2. The van der Waals surface area contributed by atoms with E-state index in [1.54, 1.807) is 0 Å². The summed E-state index contributed by atoms with van der Waals surface area (Å²) < 4.78 is 11.3. The van der Waals surface area contributed by atoms with Crippen molar-refractivity contribution in [3.63, 3.8) is 0 Å². The number of carboxylic acids is 2. The normalized spacial score (nSPS) is 14.3. The van der Waals surface area contributed by atoms with Crippen molar-refractivity contribution in [2.24, 2.45) is 0 Å². The Morgan fingerprint density at radius 3 is 1.87 bits per heavy atom. The highest BCUT2D eigenvalue weighted by molar-refractivity contribution is 6.27. The lowest BCUT2D eigenvalue weighted by Gasteiger charge is -2.34.